The van der Waals surface area contributed by atoms with Crippen LogP contribution in [0.25, 0.3) is 0 Å². The van der Waals surface area contributed by atoms with Crippen molar-refractivity contribution < 1.29 is 18.9 Å². The van der Waals surface area contributed by atoms with Crippen molar-refractivity contribution in [3.05, 3.63) is 24.3 Å². The third-order valence-corrected chi connectivity index (χ3v) is 3.67. The monoisotopic (exact) mass is 252 g/mol. The predicted molar refractivity (Wildman–Crippen MR) is 65.9 cm³/mol. The molecule has 4 nitrogen and oxygen atoms in total. The van der Waals surface area contributed by atoms with Crippen molar-refractivity contribution >= 4 is 0 Å². The molecule has 0 N–H and O–H groups in total. The van der Waals surface area contributed by atoms with Crippen molar-refractivity contribution in [1.29, 1.82) is 0 Å². The first-order chi connectivity index (χ1) is 8.59. The molecule has 0 amide bonds. The highest BCUT2D eigenvalue weighted by Gasteiger charge is 2.55. The van der Waals surface area contributed by atoms with Crippen LogP contribution in [0, 0.1) is 5.92 Å². The highest BCUT2D eigenvalue weighted by molar-refractivity contribution is 5.18. The number of methoxy groups -OCH3 is 1. The van der Waals surface area contributed by atoms with Gasteiger partial charge in [0, 0.05) is 7.11 Å². The Hall–Kier alpha value is -0.680. The quantitative estimate of drug-likeness (QED) is 0.770. The van der Waals surface area contributed by atoms with Crippen molar-refractivity contribution in [1.82, 2.24) is 0 Å². The van der Waals surface area contributed by atoms with Crippen molar-refractivity contribution in [2.75, 3.05) is 7.11 Å². The third-order valence-electron chi connectivity index (χ3n) is 3.67. The van der Waals surface area contributed by atoms with E-state index < -0.39 is 5.79 Å². The first-order valence-electron chi connectivity index (χ1n) is 6.48. The molecule has 4 atom stereocenters. The van der Waals surface area contributed by atoms with Crippen molar-refractivity contribution in [3.63, 3.8) is 0 Å². The highest BCUT2D eigenvalue weighted by atomic mass is 16.8. The molecule has 3 rings (SSSR count). The van der Waals surface area contributed by atoms with E-state index in [9.17, 15) is 0 Å². The van der Waals surface area contributed by atoms with E-state index in [4.69, 9.17) is 18.9 Å². The lowest BCUT2D eigenvalue weighted by Gasteiger charge is -2.24. The average molecular weight is 252 g/mol. The van der Waals surface area contributed by atoms with Gasteiger partial charge >= 0.3 is 0 Å². The lowest BCUT2D eigenvalue weighted by atomic mass is 9.99. The van der Waals surface area contributed by atoms with Crippen LogP contribution in [0.3, 0.4) is 0 Å². The van der Waals surface area contributed by atoms with E-state index in [1.54, 1.807) is 7.11 Å². The van der Waals surface area contributed by atoms with Crippen LogP contribution in [0.15, 0.2) is 24.3 Å². The molecule has 2 heterocycles. The Morgan fingerprint density at radius 1 is 1.11 bits per heavy atom. The van der Waals surface area contributed by atoms with E-state index in [1.807, 2.05) is 13.8 Å². The molecule has 3 aliphatic rings. The lowest BCUT2D eigenvalue weighted by Crippen LogP contribution is -2.30. The van der Waals surface area contributed by atoms with Gasteiger partial charge in [-0.1, -0.05) is 24.3 Å². The second-order valence-corrected chi connectivity index (χ2v) is 5.51. The van der Waals surface area contributed by atoms with Gasteiger partial charge in [-0.05, 0) is 26.2 Å². The van der Waals surface area contributed by atoms with Gasteiger partial charge in [-0.2, -0.15) is 0 Å². The fourth-order valence-corrected chi connectivity index (χ4v) is 2.92. The zero-order valence-electron chi connectivity index (χ0n) is 11.0. The average Bonchev–Trinajstić information content (AvgIpc) is 2.96. The van der Waals surface area contributed by atoms with Gasteiger partial charge < -0.3 is 18.9 Å². The maximum absolute atomic E-state index is 5.95. The molecule has 0 radical (unpaired) electrons. The molecule has 18 heavy (non-hydrogen) atoms. The summed E-state index contributed by atoms with van der Waals surface area (Å²) in [4.78, 5) is 0. The standard InChI is InChI=1S/C14H20O4/c1-14(2)17-11-10(8-9-6-4-5-7-9)16-13(15-3)12(11)18-14/h4-7,9-13H,8H2,1-3H3/t10?,11?,12-,13?/m0/s1. The zero-order chi connectivity index (χ0) is 12.8. The van der Waals surface area contributed by atoms with Crippen LogP contribution >= 0.6 is 0 Å². The molecule has 0 spiro atoms. The molecule has 2 fully saturated rings. The largest absolute Gasteiger partial charge is 0.353 e. The summed E-state index contributed by atoms with van der Waals surface area (Å²) in [5.41, 5.74) is 0. The topological polar surface area (TPSA) is 36.9 Å². The SMILES string of the molecule is COC1OC(CC2C=CC=C2)C2OC(C)(C)O[C@H]12. The summed E-state index contributed by atoms with van der Waals surface area (Å²) >= 11 is 0. The molecule has 3 unspecified atom stereocenters. The van der Waals surface area contributed by atoms with Crippen LogP contribution in [0.1, 0.15) is 20.3 Å². The minimum Gasteiger partial charge on any atom is -0.353 e. The van der Waals surface area contributed by atoms with Crippen LogP contribution in [0.4, 0.5) is 0 Å². The van der Waals surface area contributed by atoms with Crippen LogP contribution in [-0.4, -0.2) is 37.5 Å². The van der Waals surface area contributed by atoms with Crippen LogP contribution in [-0.2, 0) is 18.9 Å². The summed E-state index contributed by atoms with van der Waals surface area (Å²) in [5, 5.41) is 0. The van der Waals surface area contributed by atoms with Gasteiger partial charge in [0.2, 0.25) is 0 Å². The molecule has 0 aromatic rings. The Labute approximate surface area is 108 Å². The summed E-state index contributed by atoms with van der Waals surface area (Å²) < 4.78 is 23.1. The number of rotatable bonds is 3. The van der Waals surface area contributed by atoms with Gasteiger partial charge in [0.1, 0.15) is 12.2 Å². The van der Waals surface area contributed by atoms with Crippen LogP contribution in [0.5, 0.6) is 0 Å². The Morgan fingerprint density at radius 3 is 2.44 bits per heavy atom. The zero-order valence-corrected chi connectivity index (χ0v) is 11.0. The predicted octanol–water partition coefficient (Wildman–Crippen LogP) is 2.01. The Bertz CT molecular complexity index is 362. The first-order valence-corrected chi connectivity index (χ1v) is 6.48. The second kappa shape index (κ2) is 4.46. The van der Waals surface area contributed by atoms with E-state index in [1.165, 1.54) is 0 Å². The Morgan fingerprint density at radius 2 is 1.78 bits per heavy atom. The Balaban J connectivity index is 1.71. The fraction of sp³-hybridized carbons (Fsp3) is 0.714. The Kier molecular flexibility index (Phi) is 3.06. The number of ether oxygens (including phenoxy) is 4. The second-order valence-electron chi connectivity index (χ2n) is 5.51. The van der Waals surface area contributed by atoms with E-state index in [2.05, 4.69) is 24.3 Å². The molecule has 100 valence electrons. The van der Waals surface area contributed by atoms with Gasteiger partial charge in [0.05, 0.1) is 6.10 Å². The molecule has 0 aromatic heterocycles. The van der Waals surface area contributed by atoms with E-state index in [0.717, 1.165) is 6.42 Å². The van der Waals surface area contributed by atoms with E-state index in [0.29, 0.717) is 5.92 Å². The molecule has 2 saturated heterocycles. The smallest absolute Gasteiger partial charge is 0.186 e. The van der Waals surface area contributed by atoms with Gasteiger partial charge in [0.15, 0.2) is 12.1 Å². The summed E-state index contributed by atoms with van der Waals surface area (Å²) in [6.07, 6.45) is 8.96. The van der Waals surface area contributed by atoms with E-state index >= 15 is 0 Å². The van der Waals surface area contributed by atoms with Gasteiger partial charge in [0.25, 0.3) is 0 Å². The number of allylic oxidation sites excluding steroid dienone is 4. The minimum atomic E-state index is -0.546. The van der Waals surface area contributed by atoms with Gasteiger partial charge in [-0.3, -0.25) is 0 Å². The molecule has 4 heteroatoms. The van der Waals surface area contributed by atoms with Crippen molar-refractivity contribution in [3.8, 4) is 0 Å². The molecule has 0 bridgehead atoms. The summed E-state index contributed by atoms with van der Waals surface area (Å²) in [6, 6.07) is 0. The first kappa shape index (κ1) is 12.4. The minimum absolute atomic E-state index is 0.0270. The maximum Gasteiger partial charge on any atom is 0.186 e. The maximum atomic E-state index is 5.95. The molecular formula is C14H20O4. The van der Waals surface area contributed by atoms with Crippen molar-refractivity contribution in [2.45, 2.75) is 50.7 Å². The van der Waals surface area contributed by atoms with E-state index in [-0.39, 0.29) is 24.6 Å². The summed E-state index contributed by atoms with van der Waals surface area (Å²) in [5.74, 6) is -0.117. The fourth-order valence-electron chi connectivity index (χ4n) is 2.92. The van der Waals surface area contributed by atoms with Crippen LogP contribution < -0.4 is 0 Å². The number of hydrogen-bond donors (Lipinski definition) is 0. The molecule has 0 saturated carbocycles. The summed E-state index contributed by atoms with van der Waals surface area (Å²) in [6.45, 7) is 3.87. The van der Waals surface area contributed by atoms with Crippen molar-refractivity contribution in [2.24, 2.45) is 5.92 Å². The van der Waals surface area contributed by atoms with Crippen LogP contribution in [0.2, 0.25) is 0 Å². The molecule has 0 aromatic carbocycles. The number of hydrogen-bond acceptors (Lipinski definition) is 4. The summed E-state index contributed by atoms with van der Waals surface area (Å²) in [7, 11) is 1.65. The van der Waals surface area contributed by atoms with Gasteiger partial charge in [-0.25, -0.2) is 0 Å². The molecular weight excluding hydrogens is 232 g/mol. The van der Waals surface area contributed by atoms with Gasteiger partial charge in [-0.15, -0.1) is 0 Å². The third kappa shape index (κ3) is 2.14. The normalized spacial score (nSPS) is 41.7. The lowest BCUT2D eigenvalue weighted by molar-refractivity contribution is -0.227. The molecule has 1 aliphatic carbocycles. The highest BCUT2D eigenvalue weighted by Crippen LogP contribution is 2.41. The number of fused-ring (bicyclic) bond motifs is 1. The molecule has 2 aliphatic heterocycles.